The molecule has 0 spiro atoms. The van der Waals surface area contributed by atoms with E-state index >= 15 is 0 Å². The lowest BCUT2D eigenvalue weighted by Crippen LogP contribution is -2.54. The number of nitrogens with zero attached hydrogens (tertiary/aromatic N) is 4. The van der Waals surface area contributed by atoms with Gasteiger partial charge in [0, 0.05) is 37.8 Å². The van der Waals surface area contributed by atoms with E-state index in [1.807, 2.05) is 49.1 Å². The smallest absolute Gasteiger partial charge is 0.322 e. The second-order valence-electron chi connectivity index (χ2n) is 8.48. The predicted molar refractivity (Wildman–Crippen MR) is 130 cm³/mol. The van der Waals surface area contributed by atoms with E-state index in [0.717, 1.165) is 11.1 Å². The molecule has 1 fully saturated rings. The summed E-state index contributed by atoms with van der Waals surface area (Å²) in [6, 6.07) is 8.50. The number of aryl methyl sites for hydroxylation is 2. The number of hydrogen-bond acceptors (Lipinski definition) is 10. The molecule has 0 radical (unpaired) electrons. The number of piperazine rings is 1. The van der Waals surface area contributed by atoms with Gasteiger partial charge in [0.05, 0.1) is 17.0 Å². The number of hydrogen-bond donors (Lipinski definition) is 4. The molecule has 3 heterocycles. The fourth-order valence-electron chi connectivity index (χ4n) is 4.04. The van der Waals surface area contributed by atoms with Gasteiger partial charge in [-0.05, 0) is 33.0 Å². The molecule has 1 saturated heterocycles. The van der Waals surface area contributed by atoms with Crippen LogP contribution in [0.5, 0.6) is 5.75 Å². The van der Waals surface area contributed by atoms with Crippen molar-refractivity contribution in [3.63, 3.8) is 0 Å². The van der Waals surface area contributed by atoms with Crippen LogP contribution >= 0.6 is 0 Å². The molecular weight excluding hydrogens is 452 g/mol. The van der Waals surface area contributed by atoms with Crippen LogP contribution in [0.2, 0.25) is 0 Å². The molecule has 0 aliphatic carbocycles. The van der Waals surface area contributed by atoms with Crippen molar-refractivity contribution in [2.24, 2.45) is 0 Å². The first-order valence-electron chi connectivity index (χ1n) is 11.4. The maximum Gasteiger partial charge on any atom is 0.322 e. The van der Waals surface area contributed by atoms with E-state index in [0.29, 0.717) is 54.2 Å². The van der Waals surface area contributed by atoms with Gasteiger partial charge in [-0.25, -0.2) is 9.97 Å². The van der Waals surface area contributed by atoms with E-state index in [1.165, 1.54) is 0 Å². The van der Waals surface area contributed by atoms with Gasteiger partial charge >= 0.3 is 5.97 Å². The molecule has 1 aliphatic rings. The number of aromatic nitrogens is 3. The van der Waals surface area contributed by atoms with Gasteiger partial charge in [0.15, 0.2) is 5.82 Å². The standard InChI is InChI=1S/C24H30N6O5/c1-14-22(15(2)35-29-14)19-10-21(30-8-7-26-20(12-30)24(32)33)28-23(27-19)16-5-4-6-18(9-16)34-13-17(31)11-25-3/h4-6,9-10,17,20,25-26,31H,7-8,11-13H2,1-3H3,(H,32,33). The number of nitrogens with one attached hydrogen (secondary N) is 2. The number of likely N-dealkylation sites (N-methyl/N-ethyl adjacent to an activating group) is 1. The maximum atomic E-state index is 11.6. The number of rotatable bonds is 9. The summed E-state index contributed by atoms with van der Waals surface area (Å²) in [4.78, 5) is 23.1. The maximum absolute atomic E-state index is 11.6. The van der Waals surface area contributed by atoms with Gasteiger partial charge < -0.3 is 35.0 Å². The predicted octanol–water partition coefficient (Wildman–Crippen LogP) is 1.24. The van der Waals surface area contributed by atoms with Crippen LogP contribution in [0, 0.1) is 13.8 Å². The summed E-state index contributed by atoms with van der Waals surface area (Å²) in [7, 11) is 1.77. The summed E-state index contributed by atoms with van der Waals surface area (Å²) < 4.78 is 11.1. The molecule has 11 heteroatoms. The Kier molecular flexibility index (Phi) is 7.59. The molecule has 2 atom stereocenters. The van der Waals surface area contributed by atoms with Crippen LogP contribution in [0.1, 0.15) is 11.5 Å². The van der Waals surface area contributed by atoms with E-state index in [2.05, 4.69) is 15.8 Å². The van der Waals surface area contributed by atoms with E-state index in [9.17, 15) is 15.0 Å². The average Bonchev–Trinajstić information content (AvgIpc) is 3.20. The van der Waals surface area contributed by atoms with Crippen LogP contribution in [-0.4, -0.2) is 83.3 Å². The summed E-state index contributed by atoms with van der Waals surface area (Å²) in [5, 5.41) is 29.4. The zero-order valence-corrected chi connectivity index (χ0v) is 20.0. The first-order chi connectivity index (χ1) is 16.9. The first kappa shape index (κ1) is 24.6. The second kappa shape index (κ2) is 10.8. The Labute approximate surface area is 203 Å². The Bertz CT molecular complexity index is 1160. The first-order valence-corrected chi connectivity index (χ1v) is 11.4. The van der Waals surface area contributed by atoms with Crippen LogP contribution < -0.4 is 20.3 Å². The molecule has 35 heavy (non-hydrogen) atoms. The van der Waals surface area contributed by atoms with Crippen molar-refractivity contribution in [3.05, 3.63) is 41.8 Å². The third-order valence-electron chi connectivity index (χ3n) is 5.77. The van der Waals surface area contributed by atoms with Crippen LogP contribution in [0.15, 0.2) is 34.9 Å². The number of carboxylic acid groups (broad SMARTS) is 1. The highest BCUT2D eigenvalue weighted by Gasteiger charge is 2.27. The molecule has 0 saturated carbocycles. The number of aliphatic hydroxyl groups is 1. The normalized spacial score (nSPS) is 16.8. The lowest BCUT2D eigenvalue weighted by molar-refractivity contribution is -0.139. The van der Waals surface area contributed by atoms with Gasteiger partial charge in [0.2, 0.25) is 0 Å². The number of carbonyl (C=O) groups is 1. The number of aliphatic carboxylic acids is 1. The van der Waals surface area contributed by atoms with E-state index in [-0.39, 0.29) is 13.2 Å². The van der Waals surface area contributed by atoms with Gasteiger partial charge in [-0.1, -0.05) is 17.3 Å². The highest BCUT2D eigenvalue weighted by Crippen LogP contribution is 2.31. The summed E-state index contributed by atoms with van der Waals surface area (Å²) >= 11 is 0. The van der Waals surface area contributed by atoms with Crippen molar-refractivity contribution in [2.75, 3.05) is 44.7 Å². The van der Waals surface area contributed by atoms with Gasteiger partial charge in [-0.3, -0.25) is 4.79 Å². The van der Waals surface area contributed by atoms with Crippen LogP contribution in [0.25, 0.3) is 22.6 Å². The number of carboxylic acids is 1. The molecule has 11 nitrogen and oxygen atoms in total. The minimum atomic E-state index is -0.903. The zero-order chi connectivity index (χ0) is 24.9. The van der Waals surface area contributed by atoms with Crippen LogP contribution in [0.3, 0.4) is 0 Å². The topological polar surface area (TPSA) is 146 Å². The highest BCUT2D eigenvalue weighted by molar-refractivity contribution is 5.75. The summed E-state index contributed by atoms with van der Waals surface area (Å²) in [6.07, 6.45) is -0.635. The minimum absolute atomic E-state index is 0.146. The molecule has 4 rings (SSSR count). The molecule has 4 N–H and O–H groups in total. The van der Waals surface area contributed by atoms with Crippen LogP contribution in [-0.2, 0) is 4.79 Å². The molecule has 2 unspecified atom stereocenters. The van der Waals surface area contributed by atoms with Gasteiger partial charge in [-0.2, -0.15) is 0 Å². The Morgan fingerprint density at radius 2 is 2.17 bits per heavy atom. The molecule has 0 bridgehead atoms. The Morgan fingerprint density at radius 1 is 1.34 bits per heavy atom. The molecule has 186 valence electrons. The SMILES string of the molecule is CNCC(O)COc1cccc(-c2nc(-c3c(C)noc3C)cc(N3CCNC(C(=O)O)C3)n2)c1. The third-order valence-corrected chi connectivity index (χ3v) is 5.77. The number of anilines is 1. The van der Waals surface area contributed by atoms with Crippen molar-refractivity contribution in [1.29, 1.82) is 0 Å². The van der Waals surface area contributed by atoms with E-state index in [1.54, 1.807) is 7.05 Å². The summed E-state index contributed by atoms with van der Waals surface area (Å²) in [5.74, 6) is 1.40. The molecule has 1 aromatic carbocycles. The molecule has 2 aromatic heterocycles. The minimum Gasteiger partial charge on any atom is -0.491 e. The molecule has 3 aromatic rings. The lowest BCUT2D eigenvalue weighted by atomic mass is 10.1. The summed E-state index contributed by atoms with van der Waals surface area (Å²) in [6.45, 7) is 5.65. The monoisotopic (exact) mass is 482 g/mol. The van der Waals surface area contributed by atoms with Crippen molar-refractivity contribution >= 4 is 11.8 Å². The fourth-order valence-corrected chi connectivity index (χ4v) is 4.04. The fraction of sp³-hybridized carbons (Fsp3) is 0.417. The molecule has 1 aliphatic heterocycles. The van der Waals surface area contributed by atoms with Gasteiger partial charge in [0.25, 0.3) is 0 Å². The quantitative estimate of drug-likeness (QED) is 0.349. The zero-order valence-electron chi connectivity index (χ0n) is 20.0. The Balaban J connectivity index is 1.71. The molecular formula is C24H30N6O5. The van der Waals surface area contributed by atoms with E-state index < -0.39 is 18.1 Å². The number of benzene rings is 1. The van der Waals surface area contributed by atoms with E-state index in [4.69, 9.17) is 19.2 Å². The summed E-state index contributed by atoms with van der Waals surface area (Å²) in [5.41, 5.74) is 2.85. The van der Waals surface area contributed by atoms with Crippen molar-refractivity contribution in [2.45, 2.75) is 26.0 Å². The second-order valence-corrected chi connectivity index (χ2v) is 8.48. The van der Waals surface area contributed by atoms with Crippen molar-refractivity contribution in [1.82, 2.24) is 25.8 Å². The molecule has 0 amide bonds. The highest BCUT2D eigenvalue weighted by atomic mass is 16.5. The Hall–Kier alpha value is -3.54. The largest absolute Gasteiger partial charge is 0.491 e. The van der Waals surface area contributed by atoms with Gasteiger partial charge in [0.1, 0.15) is 36.1 Å². The van der Waals surface area contributed by atoms with Crippen molar-refractivity contribution in [3.8, 4) is 28.4 Å². The average molecular weight is 483 g/mol. The third kappa shape index (κ3) is 5.76. The lowest BCUT2D eigenvalue weighted by Gasteiger charge is -2.32. The van der Waals surface area contributed by atoms with Gasteiger partial charge in [-0.15, -0.1) is 0 Å². The number of aliphatic hydroxyl groups excluding tert-OH is 1. The number of ether oxygens (including phenoxy) is 1. The van der Waals surface area contributed by atoms with Crippen molar-refractivity contribution < 1.29 is 24.3 Å². The van der Waals surface area contributed by atoms with Crippen LogP contribution in [0.4, 0.5) is 5.82 Å². The Morgan fingerprint density at radius 3 is 2.89 bits per heavy atom.